The molecular formula is C14H19NO3. The first-order valence-electron chi connectivity index (χ1n) is 6.62. The van der Waals surface area contributed by atoms with Crippen LogP contribution in [0.15, 0.2) is 12.1 Å². The van der Waals surface area contributed by atoms with Crippen molar-refractivity contribution >= 4 is 0 Å². The molecule has 0 radical (unpaired) electrons. The summed E-state index contributed by atoms with van der Waals surface area (Å²) in [6, 6.07) is 3.75. The van der Waals surface area contributed by atoms with Crippen LogP contribution in [0.1, 0.15) is 37.7 Å². The van der Waals surface area contributed by atoms with Crippen molar-refractivity contribution in [3.63, 3.8) is 0 Å². The standard InChI is InChI=1S/C14H19NO3/c15-14(6-1-2-7-14)10-4-5-11-13(12(10)16)18-9-3-8-17-11/h4-5,16H,1-3,6-9,15H2. The van der Waals surface area contributed by atoms with Crippen molar-refractivity contribution in [2.24, 2.45) is 5.73 Å². The predicted molar refractivity (Wildman–Crippen MR) is 68.0 cm³/mol. The van der Waals surface area contributed by atoms with E-state index in [1.807, 2.05) is 12.1 Å². The highest BCUT2D eigenvalue weighted by Crippen LogP contribution is 2.47. The molecule has 1 heterocycles. The van der Waals surface area contributed by atoms with Gasteiger partial charge in [-0.3, -0.25) is 0 Å². The fraction of sp³-hybridized carbons (Fsp3) is 0.571. The number of nitrogens with two attached hydrogens (primary N) is 1. The van der Waals surface area contributed by atoms with Gasteiger partial charge in [-0.15, -0.1) is 0 Å². The van der Waals surface area contributed by atoms with Crippen LogP contribution in [0.25, 0.3) is 0 Å². The van der Waals surface area contributed by atoms with Crippen molar-refractivity contribution in [1.29, 1.82) is 0 Å². The summed E-state index contributed by atoms with van der Waals surface area (Å²) in [5.41, 5.74) is 6.78. The highest BCUT2D eigenvalue weighted by atomic mass is 16.5. The zero-order valence-electron chi connectivity index (χ0n) is 10.4. The molecule has 0 aromatic heterocycles. The molecule has 4 heteroatoms. The van der Waals surface area contributed by atoms with Crippen LogP contribution in [0.3, 0.4) is 0 Å². The van der Waals surface area contributed by atoms with Gasteiger partial charge in [-0.25, -0.2) is 0 Å². The Kier molecular flexibility index (Phi) is 2.82. The van der Waals surface area contributed by atoms with E-state index in [1.165, 1.54) is 0 Å². The van der Waals surface area contributed by atoms with Gasteiger partial charge in [0.25, 0.3) is 0 Å². The number of hydrogen-bond donors (Lipinski definition) is 2. The molecule has 1 aliphatic carbocycles. The second-order valence-electron chi connectivity index (χ2n) is 5.20. The van der Waals surface area contributed by atoms with Gasteiger partial charge in [0.2, 0.25) is 5.75 Å². The van der Waals surface area contributed by atoms with E-state index in [0.717, 1.165) is 37.7 Å². The van der Waals surface area contributed by atoms with Crippen LogP contribution in [0.5, 0.6) is 17.2 Å². The average Bonchev–Trinajstić information content (AvgIpc) is 2.65. The predicted octanol–water partition coefficient (Wildman–Crippen LogP) is 2.28. The van der Waals surface area contributed by atoms with Gasteiger partial charge in [-0.05, 0) is 25.0 Å². The number of rotatable bonds is 1. The molecule has 1 fully saturated rings. The molecule has 18 heavy (non-hydrogen) atoms. The Morgan fingerprint density at radius 3 is 2.56 bits per heavy atom. The van der Waals surface area contributed by atoms with Gasteiger partial charge >= 0.3 is 0 Å². The lowest BCUT2D eigenvalue weighted by Crippen LogP contribution is -2.33. The molecule has 1 aliphatic heterocycles. The van der Waals surface area contributed by atoms with E-state index in [9.17, 15) is 5.11 Å². The van der Waals surface area contributed by atoms with Crippen molar-refractivity contribution in [1.82, 2.24) is 0 Å². The fourth-order valence-electron chi connectivity index (χ4n) is 2.90. The zero-order valence-corrected chi connectivity index (χ0v) is 10.4. The third kappa shape index (κ3) is 1.81. The molecule has 0 spiro atoms. The maximum Gasteiger partial charge on any atom is 0.203 e. The molecule has 0 amide bonds. The fourth-order valence-corrected chi connectivity index (χ4v) is 2.90. The molecule has 3 N–H and O–H groups in total. The van der Waals surface area contributed by atoms with Gasteiger partial charge in [0.1, 0.15) is 0 Å². The van der Waals surface area contributed by atoms with E-state index in [4.69, 9.17) is 15.2 Å². The van der Waals surface area contributed by atoms with E-state index in [1.54, 1.807) is 0 Å². The largest absolute Gasteiger partial charge is 0.504 e. The number of phenols is 1. The van der Waals surface area contributed by atoms with Gasteiger partial charge in [-0.1, -0.05) is 12.8 Å². The summed E-state index contributed by atoms with van der Waals surface area (Å²) in [7, 11) is 0. The maximum absolute atomic E-state index is 10.4. The Bertz CT molecular complexity index is 453. The smallest absolute Gasteiger partial charge is 0.203 e. The number of aromatic hydroxyl groups is 1. The van der Waals surface area contributed by atoms with Gasteiger partial charge in [0, 0.05) is 17.5 Å². The summed E-state index contributed by atoms with van der Waals surface area (Å²) in [6.45, 7) is 1.20. The number of ether oxygens (including phenoxy) is 2. The number of benzene rings is 1. The summed E-state index contributed by atoms with van der Waals surface area (Å²) >= 11 is 0. The van der Waals surface area contributed by atoms with E-state index in [-0.39, 0.29) is 5.75 Å². The molecule has 3 rings (SSSR count). The van der Waals surface area contributed by atoms with Crippen LogP contribution >= 0.6 is 0 Å². The summed E-state index contributed by atoms with van der Waals surface area (Å²) in [4.78, 5) is 0. The highest BCUT2D eigenvalue weighted by Gasteiger charge is 2.35. The SMILES string of the molecule is NC1(c2ccc3c(c2O)OCCCO3)CCCC1. The Morgan fingerprint density at radius 2 is 1.78 bits per heavy atom. The van der Waals surface area contributed by atoms with Gasteiger partial charge < -0.3 is 20.3 Å². The van der Waals surface area contributed by atoms with Crippen molar-refractivity contribution in [3.8, 4) is 17.2 Å². The molecule has 1 aromatic carbocycles. The topological polar surface area (TPSA) is 64.7 Å². The lowest BCUT2D eigenvalue weighted by Gasteiger charge is -2.26. The molecule has 1 aromatic rings. The molecule has 4 nitrogen and oxygen atoms in total. The monoisotopic (exact) mass is 249 g/mol. The molecule has 0 saturated heterocycles. The van der Waals surface area contributed by atoms with Crippen molar-refractivity contribution in [2.75, 3.05) is 13.2 Å². The van der Waals surface area contributed by atoms with Crippen molar-refractivity contribution < 1.29 is 14.6 Å². The average molecular weight is 249 g/mol. The van der Waals surface area contributed by atoms with Gasteiger partial charge in [-0.2, -0.15) is 0 Å². The van der Waals surface area contributed by atoms with E-state index in [0.29, 0.717) is 24.7 Å². The molecule has 0 atom stereocenters. The van der Waals surface area contributed by atoms with Gasteiger partial charge in [0.05, 0.1) is 13.2 Å². The third-order valence-corrected chi connectivity index (χ3v) is 3.92. The van der Waals surface area contributed by atoms with Crippen molar-refractivity contribution in [2.45, 2.75) is 37.6 Å². The molecule has 1 saturated carbocycles. The van der Waals surface area contributed by atoms with Crippen LogP contribution in [-0.2, 0) is 5.54 Å². The maximum atomic E-state index is 10.4. The molecule has 98 valence electrons. The minimum atomic E-state index is -0.408. The first-order chi connectivity index (χ1) is 8.71. The van der Waals surface area contributed by atoms with E-state index >= 15 is 0 Å². The van der Waals surface area contributed by atoms with Crippen LogP contribution in [0, 0.1) is 0 Å². The molecule has 2 aliphatic rings. The first-order valence-corrected chi connectivity index (χ1v) is 6.62. The Hall–Kier alpha value is -1.42. The summed E-state index contributed by atoms with van der Waals surface area (Å²) < 4.78 is 11.1. The lowest BCUT2D eigenvalue weighted by molar-refractivity contribution is 0.289. The van der Waals surface area contributed by atoms with E-state index < -0.39 is 5.54 Å². The molecule has 0 unspecified atom stereocenters. The van der Waals surface area contributed by atoms with E-state index in [2.05, 4.69) is 0 Å². The number of fused-ring (bicyclic) bond motifs is 1. The Labute approximate surface area is 107 Å². The third-order valence-electron chi connectivity index (χ3n) is 3.92. The van der Waals surface area contributed by atoms with Crippen LogP contribution in [0.4, 0.5) is 0 Å². The highest BCUT2D eigenvalue weighted by molar-refractivity contribution is 5.57. The van der Waals surface area contributed by atoms with Crippen LogP contribution < -0.4 is 15.2 Å². The Balaban J connectivity index is 2.04. The number of phenolic OH excluding ortho intramolecular Hbond substituents is 1. The minimum absolute atomic E-state index is 0.166. The first kappa shape index (κ1) is 11.7. The minimum Gasteiger partial charge on any atom is -0.504 e. The normalized spacial score (nSPS) is 21.6. The second-order valence-corrected chi connectivity index (χ2v) is 5.20. The van der Waals surface area contributed by atoms with Crippen LogP contribution in [0.2, 0.25) is 0 Å². The van der Waals surface area contributed by atoms with Gasteiger partial charge in [0.15, 0.2) is 11.5 Å². The molecular weight excluding hydrogens is 230 g/mol. The van der Waals surface area contributed by atoms with Crippen molar-refractivity contribution in [3.05, 3.63) is 17.7 Å². The zero-order chi connectivity index (χ0) is 12.6. The molecule has 0 bridgehead atoms. The lowest BCUT2D eigenvalue weighted by atomic mass is 9.88. The summed E-state index contributed by atoms with van der Waals surface area (Å²) in [6.07, 6.45) is 4.90. The second kappa shape index (κ2) is 4.35. The Morgan fingerprint density at radius 1 is 1.06 bits per heavy atom. The quantitative estimate of drug-likeness (QED) is 0.801. The van der Waals surface area contributed by atoms with Crippen LogP contribution in [-0.4, -0.2) is 18.3 Å². The summed E-state index contributed by atoms with van der Waals surface area (Å²) in [5, 5.41) is 10.4. The number of hydrogen-bond acceptors (Lipinski definition) is 4. The summed E-state index contributed by atoms with van der Waals surface area (Å²) in [5.74, 6) is 1.25.